The van der Waals surface area contributed by atoms with Crippen LogP contribution in [0, 0.1) is 11.6 Å². The molecule has 78 valence electrons. The van der Waals surface area contributed by atoms with Gasteiger partial charge in [-0.3, -0.25) is 0 Å². The van der Waals surface area contributed by atoms with Gasteiger partial charge in [0.15, 0.2) is 11.6 Å². The second kappa shape index (κ2) is 4.37. The first-order valence-corrected chi connectivity index (χ1v) is 4.44. The quantitative estimate of drug-likeness (QED) is 0.814. The predicted octanol–water partition coefficient (Wildman–Crippen LogP) is 2.38. The molecule has 1 aromatic carbocycles. The Morgan fingerprint density at radius 3 is 2.50 bits per heavy atom. The van der Waals surface area contributed by atoms with Crippen LogP contribution in [0.3, 0.4) is 0 Å². The lowest BCUT2D eigenvalue weighted by molar-refractivity contribution is 0.313. The average Bonchev–Trinajstić information content (AvgIpc) is 2.13. The molecule has 1 rings (SSSR count). The van der Waals surface area contributed by atoms with Gasteiger partial charge in [0.2, 0.25) is 5.82 Å². The molecule has 0 amide bonds. The fourth-order valence-corrected chi connectivity index (χ4v) is 1.17. The van der Waals surface area contributed by atoms with E-state index < -0.39 is 17.7 Å². The van der Waals surface area contributed by atoms with Gasteiger partial charge in [0.05, 0.1) is 6.61 Å². The molecule has 0 aliphatic heterocycles. The Morgan fingerprint density at radius 1 is 1.36 bits per heavy atom. The minimum absolute atomic E-state index is 0.0746. The van der Waals surface area contributed by atoms with E-state index in [0.717, 1.165) is 0 Å². The summed E-state index contributed by atoms with van der Waals surface area (Å²) in [6, 6.07) is 2.30. The van der Waals surface area contributed by atoms with Crippen molar-refractivity contribution in [2.75, 3.05) is 6.61 Å². The van der Waals surface area contributed by atoms with Crippen LogP contribution < -0.4 is 10.5 Å². The lowest BCUT2D eigenvalue weighted by Gasteiger charge is -2.10. The van der Waals surface area contributed by atoms with Crippen LogP contribution in [0.5, 0.6) is 5.75 Å². The number of benzene rings is 1. The van der Waals surface area contributed by atoms with E-state index in [0.29, 0.717) is 6.61 Å². The average molecular weight is 201 g/mol. The third kappa shape index (κ3) is 2.01. The number of nitrogens with two attached hydrogens (primary N) is 1. The molecule has 2 N–H and O–H groups in total. The fourth-order valence-electron chi connectivity index (χ4n) is 1.17. The Morgan fingerprint density at radius 2 is 2.00 bits per heavy atom. The van der Waals surface area contributed by atoms with Crippen LogP contribution in [0.15, 0.2) is 12.1 Å². The minimum Gasteiger partial charge on any atom is -0.491 e. The number of halogens is 2. The van der Waals surface area contributed by atoms with E-state index >= 15 is 0 Å². The molecule has 0 saturated carbocycles. The Labute approximate surface area is 81.7 Å². The van der Waals surface area contributed by atoms with E-state index in [1.165, 1.54) is 12.1 Å². The third-order valence-corrected chi connectivity index (χ3v) is 1.87. The highest BCUT2D eigenvalue weighted by Crippen LogP contribution is 2.25. The summed E-state index contributed by atoms with van der Waals surface area (Å²) < 4.78 is 31.5. The summed E-state index contributed by atoms with van der Waals surface area (Å²) in [7, 11) is 0. The van der Waals surface area contributed by atoms with Crippen LogP contribution in [0.1, 0.15) is 25.5 Å². The van der Waals surface area contributed by atoms with E-state index in [4.69, 9.17) is 10.5 Å². The molecule has 0 aromatic heterocycles. The summed E-state index contributed by atoms with van der Waals surface area (Å²) in [5, 5.41) is 0. The van der Waals surface area contributed by atoms with Crippen LogP contribution >= 0.6 is 0 Å². The lowest BCUT2D eigenvalue weighted by Crippen LogP contribution is -2.09. The standard InChI is InChI=1S/C10H13F2NO/c1-3-14-8-5-4-7(6(2)13)9(11)10(8)12/h4-6H,3,13H2,1-2H3. The Hall–Kier alpha value is -1.16. The summed E-state index contributed by atoms with van der Waals surface area (Å²) in [4.78, 5) is 0. The van der Waals surface area contributed by atoms with E-state index in [2.05, 4.69) is 0 Å². The Kier molecular flexibility index (Phi) is 3.41. The molecule has 2 nitrogen and oxygen atoms in total. The van der Waals surface area contributed by atoms with Crippen LogP contribution in [0.2, 0.25) is 0 Å². The molecule has 1 aromatic rings. The highest BCUT2D eigenvalue weighted by molar-refractivity contribution is 5.32. The number of rotatable bonds is 3. The van der Waals surface area contributed by atoms with E-state index in [1.54, 1.807) is 13.8 Å². The van der Waals surface area contributed by atoms with Crippen LogP contribution in [0.4, 0.5) is 8.78 Å². The largest absolute Gasteiger partial charge is 0.491 e. The van der Waals surface area contributed by atoms with Gasteiger partial charge in [-0.15, -0.1) is 0 Å². The van der Waals surface area contributed by atoms with Crippen molar-refractivity contribution >= 4 is 0 Å². The number of ether oxygens (including phenoxy) is 1. The molecule has 0 heterocycles. The van der Waals surface area contributed by atoms with Crippen molar-refractivity contribution in [3.63, 3.8) is 0 Å². The molecule has 0 aliphatic carbocycles. The summed E-state index contributed by atoms with van der Waals surface area (Å²) >= 11 is 0. The van der Waals surface area contributed by atoms with Gasteiger partial charge in [-0.1, -0.05) is 6.07 Å². The SMILES string of the molecule is CCOc1ccc(C(C)N)c(F)c1F. The highest BCUT2D eigenvalue weighted by atomic mass is 19.2. The van der Waals surface area contributed by atoms with Gasteiger partial charge in [-0.2, -0.15) is 4.39 Å². The van der Waals surface area contributed by atoms with Gasteiger partial charge < -0.3 is 10.5 Å². The highest BCUT2D eigenvalue weighted by Gasteiger charge is 2.15. The number of hydrogen-bond acceptors (Lipinski definition) is 2. The monoisotopic (exact) mass is 201 g/mol. The van der Waals surface area contributed by atoms with Gasteiger partial charge in [-0.05, 0) is 19.9 Å². The van der Waals surface area contributed by atoms with E-state index in [1.807, 2.05) is 0 Å². The topological polar surface area (TPSA) is 35.2 Å². The summed E-state index contributed by atoms with van der Waals surface area (Å²) in [5.74, 6) is -1.97. The minimum atomic E-state index is -0.971. The maximum atomic E-state index is 13.3. The molecule has 0 aliphatic rings. The molecular formula is C10H13F2NO. The molecule has 14 heavy (non-hydrogen) atoms. The molecule has 0 saturated heterocycles. The van der Waals surface area contributed by atoms with Gasteiger partial charge in [0.25, 0.3) is 0 Å². The zero-order valence-electron chi connectivity index (χ0n) is 8.18. The molecule has 4 heteroatoms. The van der Waals surface area contributed by atoms with E-state index in [9.17, 15) is 8.78 Å². The smallest absolute Gasteiger partial charge is 0.200 e. The molecular weight excluding hydrogens is 188 g/mol. The molecule has 1 unspecified atom stereocenters. The van der Waals surface area contributed by atoms with Crippen molar-refractivity contribution in [2.24, 2.45) is 5.73 Å². The molecule has 0 fully saturated rings. The third-order valence-electron chi connectivity index (χ3n) is 1.87. The summed E-state index contributed by atoms with van der Waals surface area (Å²) in [5.41, 5.74) is 5.62. The van der Waals surface area contributed by atoms with Crippen LogP contribution in [0.25, 0.3) is 0 Å². The van der Waals surface area contributed by atoms with Gasteiger partial charge in [-0.25, -0.2) is 4.39 Å². The van der Waals surface area contributed by atoms with Crippen molar-refractivity contribution in [3.05, 3.63) is 29.3 Å². The van der Waals surface area contributed by atoms with Gasteiger partial charge in [0.1, 0.15) is 0 Å². The van der Waals surface area contributed by atoms with Crippen LogP contribution in [-0.4, -0.2) is 6.61 Å². The van der Waals surface area contributed by atoms with Crippen LogP contribution in [-0.2, 0) is 0 Å². The van der Waals surface area contributed by atoms with Crippen molar-refractivity contribution in [2.45, 2.75) is 19.9 Å². The van der Waals surface area contributed by atoms with Crippen molar-refractivity contribution in [3.8, 4) is 5.75 Å². The first-order valence-electron chi connectivity index (χ1n) is 4.44. The van der Waals surface area contributed by atoms with Crippen molar-refractivity contribution in [1.82, 2.24) is 0 Å². The van der Waals surface area contributed by atoms with Crippen molar-refractivity contribution in [1.29, 1.82) is 0 Å². The van der Waals surface area contributed by atoms with E-state index in [-0.39, 0.29) is 11.3 Å². The lowest BCUT2D eigenvalue weighted by atomic mass is 10.1. The normalized spacial score (nSPS) is 12.6. The number of hydrogen-bond donors (Lipinski definition) is 1. The summed E-state index contributed by atoms with van der Waals surface area (Å²) in [6.07, 6.45) is 0. The molecule has 1 atom stereocenters. The van der Waals surface area contributed by atoms with Gasteiger partial charge in [0, 0.05) is 11.6 Å². The second-order valence-electron chi connectivity index (χ2n) is 3.00. The maximum Gasteiger partial charge on any atom is 0.200 e. The van der Waals surface area contributed by atoms with Gasteiger partial charge >= 0.3 is 0 Å². The maximum absolute atomic E-state index is 13.3. The predicted molar refractivity (Wildman–Crippen MR) is 50.1 cm³/mol. The zero-order chi connectivity index (χ0) is 10.7. The Balaban J connectivity index is 3.12. The Bertz CT molecular complexity index is 326. The van der Waals surface area contributed by atoms with Crippen molar-refractivity contribution < 1.29 is 13.5 Å². The first-order chi connectivity index (χ1) is 6.57. The second-order valence-corrected chi connectivity index (χ2v) is 3.00. The first kappa shape index (κ1) is 10.9. The summed E-state index contributed by atoms with van der Waals surface area (Å²) in [6.45, 7) is 3.60. The fraction of sp³-hybridized carbons (Fsp3) is 0.400. The molecule has 0 bridgehead atoms. The molecule has 0 spiro atoms. The zero-order valence-corrected chi connectivity index (χ0v) is 8.18. The molecule has 0 radical (unpaired) electrons.